The van der Waals surface area contributed by atoms with Gasteiger partial charge in [-0.1, -0.05) is 22.9 Å². The van der Waals surface area contributed by atoms with Gasteiger partial charge in [-0.15, -0.1) is 0 Å². The number of hydrogen-bond donors (Lipinski definition) is 1. The third-order valence-electron chi connectivity index (χ3n) is 3.01. The minimum Gasteiger partial charge on any atom is -0.469 e. The first kappa shape index (κ1) is 11.7. The first-order valence-corrected chi connectivity index (χ1v) is 6.64. The maximum absolute atomic E-state index is 11.8. The van der Waals surface area contributed by atoms with Crippen molar-refractivity contribution in [1.29, 1.82) is 0 Å². The number of hydrogen-bond acceptors (Lipinski definition) is 2. The van der Waals surface area contributed by atoms with Crippen LogP contribution in [-0.4, -0.2) is 10.7 Å². The first-order chi connectivity index (χ1) is 7.72. The van der Waals surface area contributed by atoms with Gasteiger partial charge in [-0.2, -0.15) is 0 Å². The van der Waals surface area contributed by atoms with Crippen LogP contribution in [0.1, 0.15) is 43.6 Å². The molecule has 1 aliphatic rings. The van der Waals surface area contributed by atoms with E-state index in [-0.39, 0.29) is 16.8 Å². The molecule has 0 fully saturated rings. The fourth-order valence-electron chi connectivity index (χ4n) is 2.08. The Kier molecular flexibility index (Phi) is 3.69. The normalized spacial score (nSPS) is 21.2. The monoisotopic (exact) mass is 285 g/mol. The second-order valence-corrected chi connectivity index (χ2v) is 5.23. The van der Waals surface area contributed by atoms with Crippen molar-refractivity contribution in [2.24, 2.45) is 0 Å². The Bertz CT molecular complexity index is 375. The topological polar surface area (TPSA) is 42.2 Å². The van der Waals surface area contributed by atoms with Crippen LogP contribution < -0.4 is 5.32 Å². The Balaban J connectivity index is 2.05. The lowest BCUT2D eigenvalue weighted by Crippen LogP contribution is -2.35. The molecule has 1 aromatic heterocycles. The number of nitrogens with one attached hydrogen (secondary N) is 1. The van der Waals surface area contributed by atoms with E-state index in [9.17, 15) is 4.79 Å². The molecule has 2 atom stereocenters. The average molecular weight is 286 g/mol. The summed E-state index contributed by atoms with van der Waals surface area (Å²) in [5.74, 6) is 1.10. The SMILES string of the molecule is CCC(Br)C(=O)NC1CCCc2occc21. The number of carbonyl (C=O) groups excluding carboxylic acids is 1. The highest BCUT2D eigenvalue weighted by Crippen LogP contribution is 2.30. The molecule has 1 amide bonds. The van der Waals surface area contributed by atoms with Crippen LogP contribution in [0, 0.1) is 0 Å². The number of aryl methyl sites for hydroxylation is 1. The second kappa shape index (κ2) is 5.04. The highest BCUT2D eigenvalue weighted by atomic mass is 79.9. The van der Waals surface area contributed by atoms with E-state index in [1.54, 1.807) is 6.26 Å². The molecule has 0 saturated carbocycles. The Morgan fingerprint density at radius 2 is 2.56 bits per heavy atom. The Morgan fingerprint density at radius 3 is 3.31 bits per heavy atom. The van der Waals surface area contributed by atoms with Crippen molar-refractivity contribution in [3.8, 4) is 0 Å². The summed E-state index contributed by atoms with van der Waals surface area (Å²) in [6.07, 6.45) is 5.57. The van der Waals surface area contributed by atoms with Gasteiger partial charge < -0.3 is 9.73 Å². The minimum absolute atomic E-state index is 0.0709. The molecule has 16 heavy (non-hydrogen) atoms. The van der Waals surface area contributed by atoms with Gasteiger partial charge in [0.25, 0.3) is 0 Å². The summed E-state index contributed by atoms with van der Waals surface area (Å²) in [6.45, 7) is 1.99. The van der Waals surface area contributed by atoms with Crippen molar-refractivity contribution in [3.05, 3.63) is 23.7 Å². The molecule has 88 valence electrons. The molecule has 1 heterocycles. The van der Waals surface area contributed by atoms with E-state index in [1.807, 2.05) is 13.0 Å². The zero-order valence-electron chi connectivity index (χ0n) is 9.33. The van der Waals surface area contributed by atoms with Gasteiger partial charge in [-0.05, 0) is 25.3 Å². The molecule has 3 nitrogen and oxygen atoms in total. The summed E-state index contributed by atoms with van der Waals surface area (Å²) in [5, 5.41) is 3.07. The summed E-state index contributed by atoms with van der Waals surface area (Å²) >= 11 is 3.36. The van der Waals surface area contributed by atoms with Gasteiger partial charge >= 0.3 is 0 Å². The number of fused-ring (bicyclic) bond motifs is 1. The van der Waals surface area contributed by atoms with E-state index >= 15 is 0 Å². The van der Waals surface area contributed by atoms with Crippen LogP contribution >= 0.6 is 15.9 Å². The lowest BCUT2D eigenvalue weighted by Gasteiger charge is -2.23. The van der Waals surface area contributed by atoms with Gasteiger partial charge in [0.1, 0.15) is 5.76 Å². The molecule has 1 N–H and O–H groups in total. The third kappa shape index (κ3) is 2.32. The molecule has 4 heteroatoms. The first-order valence-electron chi connectivity index (χ1n) is 5.73. The number of alkyl halides is 1. The van der Waals surface area contributed by atoms with Crippen LogP contribution in [0.5, 0.6) is 0 Å². The predicted octanol–water partition coefficient (Wildman–Crippen LogP) is 2.95. The molecule has 1 aromatic rings. The average Bonchev–Trinajstić information content (AvgIpc) is 2.77. The summed E-state index contributed by atoms with van der Waals surface area (Å²) < 4.78 is 5.39. The van der Waals surface area contributed by atoms with Crippen LogP contribution in [0.25, 0.3) is 0 Å². The predicted molar refractivity (Wildman–Crippen MR) is 65.5 cm³/mol. The van der Waals surface area contributed by atoms with Gasteiger partial charge in [0, 0.05) is 12.0 Å². The molecule has 2 unspecified atom stereocenters. The van der Waals surface area contributed by atoms with Gasteiger partial charge in [0.15, 0.2) is 0 Å². The molecule has 0 aromatic carbocycles. The van der Waals surface area contributed by atoms with Crippen LogP contribution in [0.4, 0.5) is 0 Å². The summed E-state index contributed by atoms with van der Waals surface area (Å²) in [4.78, 5) is 11.7. The van der Waals surface area contributed by atoms with Crippen molar-refractivity contribution >= 4 is 21.8 Å². The smallest absolute Gasteiger partial charge is 0.234 e. The summed E-state index contributed by atoms with van der Waals surface area (Å²) in [6, 6.07) is 2.09. The number of halogens is 1. The van der Waals surface area contributed by atoms with Crippen LogP contribution in [-0.2, 0) is 11.2 Å². The van der Waals surface area contributed by atoms with Crippen molar-refractivity contribution < 1.29 is 9.21 Å². The van der Waals surface area contributed by atoms with E-state index in [2.05, 4.69) is 21.2 Å². The fourth-order valence-corrected chi connectivity index (χ4v) is 2.22. The molecular weight excluding hydrogens is 270 g/mol. The standard InChI is InChI=1S/C12H16BrNO2/c1-2-9(13)12(15)14-10-4-3-5-11-8(10)6-7-16-11/h6-7,9-10H,2-5H2,1H3,(H,14,15). The second-order valence-electron chi connectivity index (χ2n) is 4.13. The quantitative estimate of drug-likeness (QED) is 0.868. The van der Waals surface area contributed by atoms with Crippen molar-refractivity contribution in [1.82, 2.24) is 5.32 Å². The Morgan fingerprint density at radius 1 is 1.75 bits per heavy atom. The number of rotatable bonds is 3. The summed E-state index contributed by atoms with van der Waals surface area (Å²) in [7, 11) is 0. The van der Waals surface area contributed by atoms with Crippen molar-refractivity contribution in [2.45, 2.75) is 43.5 Å². The zero-order valence-corrected chi connectivity index (χ0v) is 10.9. The lowest BCUT2D eigenvalue weighted by atomic mass is 9.93. The number of furan rings is 1. The molecule has 0 spiro atoms. The van der Waals surface area contributed by atoms with Gasteiger partial charge in [0.2, 0.25) is 5.91 Å². The maximum atomic E-state index is 11.8. The van der Waals surface area contributed by atoms with E-state index in [1.165, 1.54) is 0 Å². The molecular formula is C12H16BrNO2. The maximum Gasteiger partial charge on any atom is 0.234 e. The molecule has 2 rings (SSSR count). The van der Waals surface area contributed by atoms with Crippen LogP contribution in [0.3, 0.4) is 0 Å². The Labute approximate surface area is 104 Å². The largest absolute Gasteiger partial charge is 0.469 e. The molecule has 1 aliphatic carbocycles. The highest BCUT2D eigenvalue weighted by Gasteiger charge is 2.25. The molecule has 0 aliphatic heterocycles. The fraction of sp³-hybridized carbons (Fsp3) is 0.583. The van der Waals surface area contributed by atoms with Crippen molar-refractivity contribution in [3.63, 3.8) is 0 Å². The van der Waals surface area contributed by atoms with Gasteiger partial charge in [-0.3, -0.25) is 4.79 Å². The minimum atomic E-state index is -0.0928. The number of carbonyl (C=O) groups is 1. The Hall–Kier alpha value is -0.770. The van der Waals surface area contributed by atoms with E-state index in [0.29, 0.717) is 0 Å². The van der Waals surface area contributed by atoms with Crippen LogP contribution in [0.2, 0.25) is 0 Å². The van der Waals surface area contributed by atoms with Crippen molar-refractivity contribution in [2.75, 3.05) is 0 Å². The lowest BCUT2D eigenvalue weighted by molar-refractivity contribution is -0.121. The molecule has 0 saturated heterocycles. The van der Waals surface area contributed by atoms with E-state index in [0.717, 1.165) is 37.0 Å². The molecule has 0 radical (unpaired) electrons. The number of amides is 1. The van der Waals surface area contributed by atoms with Crippen LogP contribution in [0.15, 0.2) is 16.7 Å². The van der Waals surface area contributed by atoms with Gasteiger partial charge in [0.05, 0.1) is 17.1 Å². The van der Waals surface area contributed by atoms with Gasteiger partial charge in [-0.25, -0.2) is 0 Å². The van der Waals surface area contributed by atoms with E-state index in [4.69, 9.17) is 4.42 Å². The highest BCUT2D eigenvalue weighted by molar-refractivity contribution is 9.10. The summed E-state index contributed by atoms with van der Waals surface area (Å²) in [5.41, 5.74) is 1.15. The third-order valence-corrected chi connectivity index (χ3v) is 4.07. The van der Waals surface area contributed by atoms with E-state index < -0.39 is 0 Å². The molecule has 0 bridgehead atoms. The zero-order chi connectivity index (χ0) is 11.5.